The summed E-state index contributed by atoms with van der Waals surface area (Å²) in [5.74, 6) is 0.0734. The summed E-state index contributed by atoms with van der Waals surface area (Å²) in [5.41, 5.74) is 1.43. The molecular weight excluding hydrogens is 311 g/mol. The van der Waals surface area contributed by atoms with E-state index in [-0.39, 0.29) is 18.0 Å². The van der Waals surface area contributed by atoms with Crippen molar-refractivity contribution in [2.75, 3.05) is 18.0 Å². The molecule has 24 heavy (non-hydrogen) atoms. The topological polar surface area (TPSA) is 50.8 Å². The zero-order chi connectivity index (χ0) is 17.5. The summed E-state index contributed by atoms with van der Waals surface area (Å²) in [4.78, 5) is 14.1. The van der Waals surface area contributed by atoms with E-state index in [0.29, 0.717) is 18.7 Å². The van der Waals surface area contributed by atoms with Gasteiger partial charge in [-0.25, -0.2) is 9.18 Å². The minimum absolute atomic E-state index is 0.00561. The molecule has 2 aliphatic heterocycles. The molecule has 6 heteroatoms. The van der Waals surface area contributed by atoms with Crippen LogP contribution in [0.1, 0.15) is 39.7 Å². The Balaban J connectivity index is 1.67. The summed E-state index contributed by atoms with van der Waals surface area (Å²) < 4.78 is 24.8. The van der Waals surface area contributed by atoms with Gasteiger partial charge >= 0.3 is 6.09 Å². The van der Waals surface area contributed by atoms with Crippen LogP contribution in [0.5, 0.6) is 5.75 Å². The predicted molar refractivity (Wildman–Crippen MR) is 90.2 cm³/mol. The first kappa shape index (κ1) is 16.9. The smallest absolute Gasteiger partial charge is 0.407 e. The van der Waals surface area contributed by atoms with Crippen molar-refractivity contribution in [3.8, 4) is 5.75 Å². The van der Waals surface area contributed by atoms with E-state index in [1.807, 2.05) is 33.8 Å². The Kier molecular flexibility index (Phi) is 4.32. The number of alkyl carbamates (subject to hydrolysis) is 1. The van der Waals surface area contributed by atoms with Crippen LogP contribution in [0.15, 0.2) is 12.1 Å². The largest absolute Gasteiger partial charge is 0.487 e. The van der Waals surface area contributed by atoms with Gasteiger partial charge in [-0.1, -0.05) is 0 Å². The number of carbonyl (C=O) groups is 1. The third-order valence-electron chi connectivity index (χ3n) is 4.25. The van der Waals surface area contributed by atoms with Crippen molar-refractivity contribution in [1.82, 2.24) is 5.32 Å². The summed E-state index contributed by atoms with van der Waals surface area (Å²) in [6.07, 6.45) is 1.15. The van der Waals surface area contributed by atoms with E-state index in [2.05, 4.69) is 10.2 Å². The fourth-order valence-corrected chi connectivity index (χ4v) is 3.31. The average molecular weight is 336 g/mol. The highest BCUT2D eigenvalue weighted by molar-refractivity contribution is 5.69. The van der Waals surface area contributed by atoms with Gasteiger partial charge in [-0.05, 0) is 46.2 Å². The number of benzene rings is 1. The molecule has 1 aromatic rings. The Labute approximate surface area is 142 Å². The van der Waals surface area contributed by atoms with Gasteiger partial charge in [0.2, 0.25) is 0 Å². The Bertz CT molecular complexity index is 642. The quantitative estimate of drug-likeness (QED) is 0.901. The molecule has 1 fully saturated rings. The molecule has 0 saturated carbocycles. The van der Waals surface area contributed by atoms with E-state index in [1.54, 1.807) is 0 Å². The zero-order valence-electron chi connectivity index (χ0n) is 14.7. The van der Waals surface area contributed by atoms with Gasteiger partial charge in [0.1, 0.15) is 11.7 Å². The van der Waals surface area contributed by atoms with Crippen molar-refractivity contribution in [2.24, 2.45) is 0 Å². The van der Waals surface area contributed by atoms with Crippen LogP contribution in [-0.2, 0) is 11.2 Å². The van der Waals surface area contributed by atoms with E-state index in [0.717, 1.165) is 24.2 Å². The van der Waals surface area contributed by atoms with Crippen molar-refractivity contribution in [3.05, 3.63) is 23.5 Å². The van der Waals surface area contributed by atoms with Crippen LogP contribution >= 0.6 is 0 Å². The Morgan fingerprint density at radius 1 is 1.42 bits per heavy atom. The lowest BCUT2D eigenvalue weighted by molar-refractivity contribution is 0.0509. The first-order valence-electron chi connectivity index (χ1n) is 8.45. The first-order chi connectivity index (χ1) is 11.2. The van der Waals surface area contributed by atoms with Gasteiger partial charge in [-0.2, -0.15) is 0 Å². The number of fused-ring (bicyclic) bond motifs is 1. The van der Waals surface area contributed by atoms with E-state index in [4.69, 9.17) is 9.47 Å². The number of amides is 1. The molecule has 132 valence electrons. The summed E-state index contributed by atoms with van der Waals surface area (Å²) in [5, 5.41) is 2.91. The minimum atomic E-state index is -0.506. The molecule has 0 radical (unpaired) electrons. The predicted octanol–water partition coefficient (Wildman–Crippen LogP) is 3.25. The summed E-state index contributed by atoms with van der Waals surface area (Å²) >= 11 is 0. The fourth-order valence-electron chi connectivity index (χ4n) is 3.31. The third kappa shape index (κ3) is 3.57. The first-order valence-corrected chi connectivity index (χ1v) is 8.45. The van der Waals surface area contributed by atoms with Gasteiger partial charge in [0.25, 0.3) is 0 Å². The lowest BCUT2D eigenvalue weighted by Crippen LogP contribution is -2.40. The number of hydrogen-bond acceptors (Lipinski definition) is 4. The van der Waals surface area contributed by atoms with E-state index < -0.39 is 11.7 Å². The van der Waals surface area contributed by atoms with Gasteiger partial charge < -0.3 is 19.7 Å². The Morgan fingerprint density at radius 3 is 2.88 bits per heavy atom. The van der Waals surface area contributed by atoms with Crippen molar-refractivity contribution in [3.63, 3.8) is 0 Å². The maximum atomic E-state index is 13.9. The monoisotopic (exact) mass is 336 g/mol. The van der Waals surface area contributed by atoms with Crippen molar-refractivity contribution >= 4 is 11.8 Å². The molecule has 2 unspecified atom stereocenters. The van der Waals surface area contributed by atoms with Crippen LogP contribution in [0.4, 0.5) is 14.9 Å². The molecule has 1 aromatic carbocycles. The number of carbonyl (C=O) groups excluding carboxylic acids is 1. The van der Waals surface area contributed by atoms with Crippen molar-refractivity contribution < 1.29 is 18.7 Å². The second kappa shape index (κ2) is 6.15. The lowest BCUT2D eigenvalue weighted by Gasteiger charge is -2.23. The van der Waals surface area contributed by atoms with Crippen LogP contribution in [0, 0.1) is 5.82 Å². The van der Waals surface area contributed by atoms with Crippen LogP contribution in [-0.4, -0.2) is 36.9 Å². The molecule has 0 spiro atoms. The SMILES string of the molecule is CC1Cc2c(N3CCC(NC(=O)OC(C)(C)C)C3)ccc(F)c2O1. The highest BCUT2D eigenvalue weighted by Crippen LogP contribution is 2.39. The standard InChI is InChI=1S/C18H25FN2O3/c1-11-9-13-15(6-5-14(19)16(13)23-11)21-8-7-12(10-21)20-17(22)24-18(2,3)4/h5-6,11-12H,7-10H2,1-4H3,(H,20,22). The minimum Gasteiger partial charge on any atom is -0.487 e. The van der Waals surface area contributed by atoms with Crippen molar-refractivity contribution in [2.45, 2.75) is 58.3 Å². The number of halogens is 1. The molecule has 3 rings (SSSR count). The van der Waals surface area contributed by atoms with Gasteiger partial charge in [0, 0.05) is 30.8 Å². The van der Waals surface area contributed by atoms with Gasteiger partial charge in [0.05, 0.1) is 6.04 Å². The number of nitrogens with one attached hydrogen (secondary N) is 1. The Hall–Kier alpha value is -1.98. The highest BCUT2D eigenvalue weighted by atomic mass is 19.1. The molecule has 5 nitrogen and oxygen atoms in total. The zero-order valence-corrected chi connectivity index (χ0v) is 14.7. The number of anilines is 1. The molecule has 2 atom stereocenters. The van der Waals surface area contributed by atoms with Crippen molar-refractivity contribution in [1.29, 1.82) is 0 Å². The van der Waals surface area contributed by atoms with E-state index in [1.165, 1.54) is 6.07 Å². The van der Waals surface area contributed by atoms with Gasteiger partial charge in [-0.15, -0.1) is 0 Å². The molecular formula is C18H25FN2O3. The third-order valence-corrected chi connectivity index (χ3v) is 4.25. The molecule has 1 saturated heterocycles. The lowest BCUT2D eigenvalue weighted by atomic mass is 10.1. The summed E-state index contributed by atoms with van der Waals surface area (Å²) in [7, 11) is 0. The molecule has 1 N–H and O–H groups in total. The fraction of sp³-hybridized carbons (Fsp3) is 0.611. The second-order valence-corrected chi connectivity index (χ2v) is 7.58. The average Bonchev–Trinajstić information content (AvgIpc) is 3.04. The number of rotatable bonds is 2. The Morgan fingerprint density at radius 2 is 2.17 bits per heavy atom. The van der Waals surface area contributed by atoms with Crippen LogP contribution in [0.3, 0.4) is 0 Å². The number of hydrogen-bond donors (Lipinski definition) is 1. The van der Waals surface area contributed by atoms with Gasteiger partial charge in [0.15, 0.2) is 11.6 Å². The number of nitrogens with zero attached hydrogens (tertiary/aromatic N) is 1. The van der Waals surface area contributed by atoms with Crippen LogP contribution < -0.4 is 15.0 Å². The maximum absolute atomic E-state index is 13.9. The number of ether oxygens (including phenoxy) is 2. The molecule has 0 bridgehead atoms. The molecule has 0 aliphatic carbocycles. The van der Waals surface area contributed by atoms with E-state index in [9.17, 15) is 9.18 Å². The second-order valence-electron chi connectivity index (χ2n) is 7.58. The normalized spacial score (nSPS) is 23.0. The molecule has 2 heterocycles. The maximum Gasteiger partial charge on any atom is 0.407 e. The summed E-state index contributed by atoms with van der Waals surface area (Å²) in [6.45, 7) is 8.97. The van der Waals surface area contributed by atoms with Crippen LogP contribution in [0.25, 0.3) is 0 Å². The van der Waals surface area contributed by atoms with Gasteiger partial charge in [-0.3, -0.25) is 0 Å². The molecule has 1 amide bonds. The van der Waals surface area contributed by atoms with E-state index >= 15 is 0 Å². The highest BCUT2D eigenvalue weighted by Gasteiger charge is 2.31. The van der Waals surface area contributed by atoms with Crippen LogP contribution in [0.2, 0.25) is 0 Å². The molecule has 2 aliphatic rings. The summed E-state index contributed by atoms with van der Waals surface area (Å²) in [6, 6.07) is 3.30. The molecule has 0 aromatic heterocycles.